The molecule has 3 nitrogen and oxygen atoms in total. The predicted molar refractivity (Wildman–Crippen MR) is 78.0 cm³/mol. The van der Waals surface area contributed by atoms with E-state index in [9.17, 15) is 0 Å². The van der Waals surface area contributed by atoms with Crippen LogP contribution in [0.4, 0.5) is 0 Å². The number of rotatable bonds is 10. The normalized spacial score (nSPS) is 25.2. The summed E-state index contributed by atoms with van der Waals surface area (Å²) in [5.41, 5.74) is 0. The molecule has 1 saturated carbocycles. The number of nitrogens with zero attached hydrogens (tertiary/aromatic N) is 1. The van der Waals surface area contributed by atoms with Crippen LogP contribution in [0.15, 0.2) is 0 Å². The van der Waals surface area contributed by atoms with Crippen LogP contribution in [-0.4, -0.2) is 50.3 Å². The van der Waals surface area contributed by atoms with E-state index >= 15 is 0 Å². The van der Waals surface area contributed by atoms with Crippen molar-refractivity contribution in [3.63, 3.8) is 0 Å². The summed E-state index contributed by atoms with van der Waals surface area (Å²) >= 11 is 0. The van der Waals surface area contributed by atoms with E-state index in [4.69, 9.17) is 4.74 Å². The molecule has 0 heterocycles. The molecule has 0 spiro atoms. The van der Waals surface area contributed by atoms with Crippen LogP contribution in [0.5, 0.6) is 0 Å². The fraction of sp³-hybridized carbons (Fsp3) is 1.00. The highest BCUT2D eigenvalue weighted by Gasteiger charge is 2.36. The van der Waals surface area contributed by atoms with Gasteiger partial charge in [-0.3, -0.25) is 4.90 Å². The third kappa shape index (κ3) is 4.52. The topological polar surface area (TPSA) is 24.5 Å². The lowest BCUT2D eigenvalue weighted by Crippen LogP contribution is -2.54. The Kier molecular flexibility index (Phi) is 7.87. The van der Waals surface area contributed by atoms with E-state index in [1.807, 2.05) is 0 Å². The molecular formula is C15H32N2O. The van der Waals surface area contributed by atoms with E-state index in [0.29, 0.717) is 6.04 Å². The van der Waals surface area contributed by atoms with Crippen LogP contribution < -0.4 is 5.32 Å². The van der Waals surface area contributed by atoms with Gasteiger partial charge in [-0.2, -0.15) is 0 Å². The number of ether oxygens (including phenoxy) is 1. The van der Waals surface area contributed by atoms with Crippen molar-refractivity contribution in [2.75, 3.05) is 33.4 Å². The molecule has 0 aromatic heterocycles. The number of nitrogens with one attached hydrogen (secondary N) is 1. The van der Waals surface area contributed by atoms with Gasteiger partial charge in [0.05, 0.1) is 6.61 Å². The first kappa shape index (κ1) is 15.9. The maximum Gasteiger partial charge on any atom is 0.0589 e. The number of hydrogen-bond donors (Lipinski definition) is 1. The first-order chi connectivity index (χ1) is 8.74. The molecule has 1 fully saturated rings. The summed E-state index contributed by atoms with van der Waals surface area (Å²) in [4.78, 5) is 2.67. The van der Waals surface area contributed by atoms with E-state index < -0.39 is 0 Å². The zero-order chi connectivity index (χ0) is 13.4. The van der Waals surface area contributed by atoms with Gasteiger partial charge >= 0.3 is 0 Å². The average Bonchev–Trinajstić information content (AvgIpc) is 2.37. The summed E-state index contributed by atoms with van der Waals surface area (Å²) in [5, 5.41) is 3.58. The van der Waals surface area contributed by atoms with Crippen LogP contribution in [0.2, 0.25) is 0 Å². The second-order valence-electron chi connectivity index (χ2n) is 5.60. The molecule has 0 aliphatic heterocycles. The van der Waals surface area contributed by atoms with Crippen LogP contribution in [0.3, 0.4) is 0 Å². The van der Waals surface area contributed by atoms with E-state index in [-0.39, 0.29) is 0 Å². The van der Waals surface area contributed by atoms with E-state index in [0.717, 1.165) is 31.7 Å². The minimum Gasteiger partial charge on any atom is -0.383 e. The Morgan fingerprint density at radius 1 is 1.33 bits per heavy atom. The quantitative estimate of drug-likeness (QED) is 0.608. The number of hydrogen-bond acceptors (Lipinski definition) is 3. The molecule has 0 bridgehead atoms. The van der Waals surface area contributed by atoms with Gasteiger partial charge in [0.2, 0.25) is 0 Å². The van der Waals surface area contributed by atoms with Gasteiger partial charge < -0.3 is 10.1 Å². The Morgan fingerprint density at radius 3 is 2.61 bits per heavy atom. The Morgan fingerprint density at radius 2 is 2.11 bits per heavy atom. The molecule has 0 radical (unpaired) electrons. The molecule has 0 aromatic carbocycles. The SMILES string of the molecule is CCCNCC1CCC1N(CCOC)C(C)CC. The van der Waals surface area contributed by atoms with Crippen LogP contribution in [-0.2, 0) is 4.74 Å². The molecule has 3 unspecified atom stereocenters. The molecule has 1 aliphatic rings. The summed E-state index contributed by atoms with van der Waals surface area (Å²) in [5.74, 6) is 0.849. The molecule has 18 heavy (non-hydrogen) atoms. The second kappa shape index (κ2) is 8.89. The summed E-state index contributed by atoms with van der Waals surface area (Å²) in [6.07, 6.45) is 5.22. The predicted octanol–water partition coefficient (Wildman–Crippen LogP) is 2.51. The van der Waals surface area contributed by atoms with Gasteiger partial charge in [0.1, 0.15) is 0 Å². The minimum atomic E-state index is 0.680. The van der Waals surface area contributed by atoms with Crippen LogP contribution in [0, 0.1) is 5.92 Å². The summed E-state index contributed by atoms with van der Waals surface area (Å²) in [6, 6.07) is 1.46. The molecule has 3 atom stereocenters. The second-order valence-corrected chi connectivity index (χ2v) is 5.60. The summed E-state index contributed by atoms with van der Waals surface area (Å²) in [6.45, 7) is 11.2. The minimum absolute atomic E-state index is 0.680. The Bertz CT molecular complexity index is 211. The standard InChI is InChI=1S/C15H32N2O/c1-5-9-16-12-14-7-8-15(14)17(10-11-18-4)13(3)6-2/h13-16H,5-12H2,1-4H3. The first-order valence-corrected chi connectivity index (χ1v) is 7.69. The van der Waals surface area contributed by atoms with Crippen molar-refractivity contribution in [1.82, 2.24) is 10.2 Å². The smallest absolute Gasteiger partial charge is 0.0589 e. The highest BCUT2D eigenvalue weighted by Crippen LogP contribution is 2.33. The molecule has 3 heteroatoms. The van der Waals surface area contributed by atoms with Crippen molar-refractivity contribution in [3.8, 4) is 0 Å². The van der Waals surface area contributed by atoms with Gasteiger partial charge in [0, 0.05) is 25.7 Å². The Balaban J connectivity index is 2.40. The first-order valence-electron chi connectivity index (χ1n) is 7.69. The highest BCUT2D eigenvalue weighted by molar-refractivity contribution is 4.91. The van der Waals surface area contributed by atoms with Gasteiger partial charge in [0.25, 0.3) is 0 Å². The third-order valence-corrected chi connectivity index (χ3v) is 4.35. The van der Waals surface area contributed by atoms with Gasteiger partial charge in [0.15, 0.2) is 0 Å². The lowest BCUT2D eigenvalue weighted by Gasteiger charge is -2.47. The molecule has 0 saturated heterocycles. The fourth-order valence-electron chi connectivity index (χ4n) is 2.83. The average molecular weight is 256 g/mol. The maximum absolute atomic E-state index is 5.26. The molecule has 0 amide bonds. The van der Waals surface area contributed by atoms with Gasteiger partial charge in [-0.05, 0) is 51.6 Å². The molecule has 0 aromatic rings. The third-order valence-electron chi connectivity index (χ3n) is 4.35. The summed E-state index contributed by atoms with van der Waals surface area (Å²) in [7, 11) is 1.80. The van der Waals surface area contributed by atoms with Crippen LogP contribution >= 0.6 is 0 Å². The summed E-state index contributed by atoms with van der Waals surface area (Å²) < 4.78 is 5.26. The lowest BCUT2D eigenvalue weighted by molar-refractivity contribution is 0.0130. The molecule has 1 N–H and O–H groups in total. The maximum atomic E-state index is 5.26. The van der Waals surface area contributed by atoms with Crippen LogP contribution in [0.25, 0.3) is 0 Å². The Hall–Kier alpha value is -0.120. The van der Waals surface area contributed by atoms with Crippen molar-refractivity contribution in [1.29, 1.82) is 0 Å². The molecule has 1 rings (SSSR count). The zero-order valence-corrected chi connectivity index (χ0v) is 12.7. The van der Waals surface area contributed by atoms with Crippen molar-refractivity contribution in [2.45, 2.75) is 58.5 Å². The molecule has 108 valence electrons. The van der Waals surface area contributed by atoms with Crippen molar-refractivity contribution in [2.24, 2.45) is 5.92 Å². The fourth-order valence-corrected chi connectivity index (χ4v) is 2.83. The highest BCUT2D eigenvalue weighted by atomic mass is 16.5. The van der Waals surface area contributed by atoms with Crippen molar-refractivity contribution >= 4 is 0 Å². The van der Waals surface area contributed by atoms with Crippen LogP contribution in [0.1, 0.15) is 46.5 Å². The van der Waals surface area contributed by atoms with E-state index in [1.165, 1.54) is 32.2 Å². The lowest BCUT2D eigenvalue weighted by atomic mass is 9.77. The monoisotopic (exact) mass is 256 g/mol. The van der Waals surface area contributed by atoms with Gasteiger partial charge in [-0.25, -0.2) is 0 Å². The van der Waals surface area contributed by atoms with Crippen molar-refractivity contribution in [3.05, 3.63) is 0 Å². The largest absolute Gasteiger partial charge is 0.383 e. The Labute approximate surface area is 113 Å². The molecule has 1 aliphatic carbocycles. The zero-order valence-electron chi connectivity index (χ0n) is 12.7. The van der Waals surface area contributed by atoms with Crippen molar-refractivity contribution < 1.29 is 4.74 Å². The molecular weight excluding hydrogens is 224 g/mol. The van der Waals surface area contributed by atoms with E-state index in [1.54, 1.807) is 7.11 Å². The number of methoxy groups -OCH3 is 1. The van der Waals surface area contributed by atoms with Gasteiger partial charge in [-0.15, -0.1) is 0 Å². The van der Waals surface area contributed by atoms with E-state index in [2.05, 4.69) is 31.0 Å². The van der Waals surface area contributed by atoms with Gasteiger partial charge in [-0.1, -0.05) is 13.8 Å².